The van der Waals surface area contributed by atoms with Crippen LogP contribution in [-0.2, 0) is 6.61 Å². The Balaban J connectivity index is 1.59. The molecule has 0 fully saturated rings. The van der Waals surface area contributed by atoms with Crippen LogP contribution in [0, 0.1) is 0 Å². The lowest BCUT2D eigenvalue weighted by Crippen LogP contribution is -2.08. The number of ether oxygens (including phenoxy) is 1. The lowest BCUT2D eigenvalue weighted by molar-refractivity contribution is -0.136. The standard InChI is InChI=1S/C21H20F3NO2/c22-21(23,24)12-4-9-20(26)16-6-3-7-18(13-16)27-14-17-11-10-15-5-1-2-8-19(15)25-17/h1-3,5-8,10-11,13,20,26H,4,9,12,14H2. The largest absolute Gasteiger partial charge is 0.487 e. The topological polar surface area (TPSA) is 42.4 Å². The SMILES string of the molecule is OC(CCCC(F)(F)F)c1cccc(OCc2ccc3ccccc3n2)c1. The van der Waals surface area contributed by atoms with Gasteiger partial charge in [0, 0.05) is 11.8 Å². The van der Waals surface area contributed by atoms with E-state index < -0.39 is 18.7 Å². The van der Waals surface area contributed by atoms with Crippen molar-refractivity contribution in [2.24, 2.45) is 0 Å². The van der Waals surface area contributed by atoms with E-state index >= 15 is 0 Å². The van der Waals surface area contributed by atoms with Crippen molar-refractivity contribution < 1.29 is 23.0 Å². The lowest BCUT2D eigenvalue weighted by Gasteiger charge is -2.14. The molecule has 0 saturated carbocycles. The smallest absolute Gasteiger partial charge is 0.389 e. The molecule has 27 heavy (non-hydrogen) atoms. The van der Waals surface area contributed by atoms with Gasteiger partial charge in [-0.3, -0.25) is 0 Å². The number of nitrogens with zero attached hydrogens (tertiary/aromatic N) is 1. The summed E-state index contributed by atoms with van der Waals surface area (Å²) in [5.74, 6) is 0.539. The minimum absolute atomic E-state index is 0.0508. The second kappa shape index (κ2) is 8.39. The van der Waals surface area contributed by atoms with Gasteiger partial charge < -0.3 is 9.84 Å². The van der Waals surface area contributed by atoms with Gasteiger partial charge in [-0.1, -0.05) is 36.4 Å². The normalized spacial score (nSPS) is 12.9. The molecular formula is C21H20F3NO2. The zero-order chi connectivity index (χ0) is 19.3. The molecule has 0 aliphatic carbocycles. The number of fused-ring (bicyclic) bond motifs is 1. The van der Waals surface area contributed by atoms with Crippen molar-refractivity contribution in [3.63, 3.8) is 0 Å². The van der Waals surface area contributed by atoms with Crippen LogP contribution in [0.1, 0.15) is 36.6 Å². The number of alkyl halides is 3. The Morgan fingerprint density at radius 1 is 1.00 bits per heavy atom. The number of hydrogen-bond acceptors (Lipinski definition) is 3. The monoisotopic (exact) mass is 375 g/mol. The highest BCUT2D eigenvalue weighted by atomic mass is 19.4. The molecule has 0 aliphatic heterocycles. The molecule has 0 aliphatic rings. The molecule has 0 spiro atoms. The van der Waals surface area contributed by atoms with Crippen LogP contribution < -0.4 is 4.74 Å². The molecular weight excluding hydrogens is 355 g/mol. The molecule has 3 rings (SSSR count). The predicted octanol–water partition coefficient (Wildman–Crippen LogP) is 5.58. The molecule has 1 atom stereocenters. The highest BCUT2D eigenvalue weighted by molar-refractivity contribution is 5.78. The van der Waals surface area contributed by atoms with Crippen molar-refractivity contribution in [3.05, 3.63) is 71.9 Å². The number of aliphatic hydroxyl groups is 1. The maximum atomic E-state index is 12.2. The molecule has 1 N–H and O–H groups in total. The Hall–Kier alpha value is -2.60. The second-order valence-electron chi connectivity index (χ2n) is 6.38. The van der Waals surface area contributed by atoms with Crippen molar-refractivity contribution >= 4 is 10.9 Å². The Labute approximate surface area is 155 Å². The summed E-state index contributed by atoms with van der Waals surface area (Å²) in [7, 11) is 0. The summed E-state index contributed by atoms with van der Waals surface area (Å²) in [6.45, 7) is 0.262. The van der Waals surface area contributed by atoms with Gasteiger partial charge in [0.1, 0.15) is 12.4 Å². The van der Waals surface area contributed by atoms with Crippen molar-refractivity contribution in [1.29, 1.82) is 0 Å². The van der Waals surface area contributed by atoms with Gasteiger partial charge >= 0.3 is 6.18 Å². The average molecular weight is 375 g/mol. The van der Waals surface area contributed by atoms with E-state index in [1.165, 1.54) is 0 Å². The summed E-state index contributed by atoms with van der Waals surface area (Å²) in [6.07, 6.45) is -6.10. The third-order valence-corrected chi connectivity index (χ3v) is 4.22. The van der Waals surface area contributed by atoms with E-state index in [0.29, 0.717) is 11.3 Å². The Kier molecular flexibility index (Phi) is 5.96. The fourth-order valence-corrected chi connectivity index (χ4v) is 2.82. The summed E-state index contributed by atoms with van der Waals surface area (Å²) < 4.78 is 42.4. The van der Waals surface area contributed by atoms with Gasteiger partial charge in [-0.2, -0.15) is 13.2 Å². The number of aliphatic hydroxyl groups excluding tert-OH is 1. The first-order valence-corrected chi connectivity index (χ1v) is 8.73. The van der Waals surface area contributed by atoms with Crippen molar-refractivity contribution in [2.45, 2.75) is 38.1 Å². The molecule has 6 heteroatoms. The zero-order valence-corrected chi connectivity index (χ0v) is 14.6. The van der Waals surface area contributed by atoms with Gasteiger partial charge in [0.05, 0.1) is 17.3 Å². The van der Waals surface area contributed by atoms with Gasteiger partial charge in [-0.15, -0.1) is 0 Å². The summed E-state index contributed by atoms with van der Waals surface area (Å²) in [5.41, 5.74) is 2.19. The first-order valence-electron chi connectivity index (χ1n) is 8.73. The van der Waals surface area contributed by atoms with Crippen molar-refractivity contribution in [2.75, 3.05) is 0 Å². The van der Waals surface area contributed by atoms with E-state index in [-0.39, 0.29) is 19.4 Å². The van der Waals surface area contributed by atoms with E-state index in [1.807, 2.05) is 36.4 Å². The average Bonchev–Trinajstić information content (AvgIpc) is 2.65. The van der Waals surface area contributed by atoms with Crippen LogP contribution in [0.4, 0.5) is 13.2 Å². The van der Waals surface area contributed by atoms with Crippen LogP contribution in [0.5, 0.6) is 5.75 Å². The molecule has 142 valence electrons. The van der Waals surface area contributed by atoms with Crippen LogP contribution in [0.15, 0.2) is 60.7 Å². The number of benzene rings is 2. The van der Waals surface area contributed by atoms with Gasteiger partial charge in [0.2, 0.25) is 0 Å². The molecule has 3 aromatic rings. The highest BCUT2D eigenvalue weighted by Crippen LogP contribution is 2.28. The minimum atomic E-state index is -4.20. The van der Waals surface area contributed by atoms with Crippen LogP contribution in [0.25, 0.3) is 10.9 Å². The summed E-state index contributed by atoms with van der Waals surface area (Å²) in [4.78, 5) is 4.53. The number of pyridine rings is 1. The number of hydrogen-bond donors (Lipinski definition) is 1. The van der Waals surface area contributed by atoms with Gasteiger partial charge in [-0.25, -0.2) is 4.98 Å². The molecule has 0 bridgehead atoms. The van der Waals surface area contributed by atoms with E-state index in [1.54, 1.807) is 24.3 Å². The predicted molar refractivity (Wildman–Crippen MR) is 97.4 cm³/mol. The number of aromatic nitrogens is 1. The fraction of sp³-hybridized carbons (Fsp3) is 0.286. The lowest BCUT2D eigenvalue weighted by atomic mass is 10.0. The molecule has 0 saturated heterocycles. The Morgan fingerprint density at radius 3 is 2.63 bits per heavy atom. The van der Waals surface area contributed by atoms with Crippen LogP contribution in [-0.4, -0.2) is 16.3 Å². The van der Waals surface area contributed by atoms with Gasteiger partial charge in [0.15, 0.2) is 0 Å². The molecule has 1 aromatic heterocycles. The van der Waals surface area contributed by atoms with Crippen LogP contribution in [0.2, 0.25) is 0 Å². The summed E-state index contributed by atoms with van der Waals surface area (Å²) >= 11 is 0. The molecule has 0 amide bonds. The number of para-hydroxylation sites is 1. The van der Waals surface area contributed by atoms with Crippen LogP contribution in [0.3, 0.4) is 0 Å². The van der Waals surface area contributed by atoms with Gasteiger partial charge in [0.25, 0.3) is 0 Å². The third kappa shape index (κ3) is 5.69. The van der Waals surface area contributed by atoms with Crippen molar-refractivity contribution in [1.82, 2.24) is 4.98 Å². The number of halogens is 3. The molecule has 2 aromatic carbocycles. The first-order chi connectivity index (χ1) is 12.9. The van der Waals surface area contributed by atoms with E-state index in [9.17, 15) is 18.3 Å². The summed E-state index contributed by atoms with van der Waals surface area (Å²) in [5, 5.41) is 11.2. The molecule has 1 heterocycles. The maximum Gasteiger partial charge on any atom is 0.389 e. The van der Waals surface area contributed by atoms with Gasteiger partial charge in [-0.05, 0) is 42.7 Å². The minimum Gasteiger partial charge on any atom is -0.487 e. The zero-order valence-electron chi connectivity index (χ0n) is 14.6. The maximum absolute atomic E-state index is 12.2. The Morgan fingerprint density at radius 2 is 1.81 bits per heavy atom. The van der Waals surface area contributed by atoms with Crippen molar-refractivity contribution in [3.8, 4) is 5.75 Å². The molecule has 3 nitrogen and oxygen atoms in total. The van der Waals surface area contributed by atoms with E-state index in [0.717, 1.165) is 16.6 Å². The summed E-state index contributed by atoms with van der Waals surface area (Å²) in [6, 6.07) is 18.4. The number of rotatable bonds is 7. The van der Waals surface area contributed by atoms with E-state index in [2.05, 4.69) is 4.98 Å². The van der Waals surface area contributed by atoms with Crippen LogP contribution >= 0.6 is 0 Å². The quantitative estimate of drug-likeness (QED) is 0.586. The third-order valence-electron chi connectivity index (χ3n) is 4.22. The first kappa shape index (κ1) is 19.2. The Bertz CT molecular complexity index is 896. The highest BCUT2D eigenvalue weighted by Gasteiger charge is 2.26. The molecule has 0 radical (unpaired) electrons. The second-order valence-corrected chi connectivity index (χ2v) is 6.38. The van der Waals surface area contributed by atoms with E-state index in [4.69, 9.17) is 4.74 Å². The fourth-order valence-electron chi connectivity index (χ4n) is 2.82. The molecule has 1 unspecified atom stereocenters.